The summed E-state index contributed by atoms with van der Waals surface area (Å²) in [4.78, 5) is 24.1. The number of nitrogen functional groups attached to an aromatic ring is 2. The Bertz CT molecular complexity index is 1130. The molecule has 132 valence electrons. The zero-order chi connectivity index (χ0) is 18.6. The Morgan fingerprint density at radius 3 is 2.58 bits per heavy atom. The highest BCUT2D eigenvalue weighted by Gasteiger charge is 2.31. The molecule has 0 spiro atoms. The Morgan fingerprint density at radius 2 is 1.92 bits per heavy atom. The van der Waals surface area contributed by atoms with Crippen LogP contribution in [0.3, 0.4) is 0 Å². The van der Waals surface area contributed by atoms with E-state index in [0.717, 1.165) is 5.56 Å². The van der Waals surface area contributed by atoms with Crippen LogP contribution >= 0.6 is 0 Å². The van der Waals surface area contributed by atoms with Crippen molar-refractivity contribution in [1.82, 2.24) is 4.57 Å². The molecule has 1 atom stereocenters. The summed E-state index contributed by atoms with van der Waals surface area (Å²) in [7, 11) is 0. The van der Waals surface area contributed by atoms with Gasteiger partial charge in [0.1, 0.15) is 17.9 Å². The third kappa shape index (κ3) is 2.05. The number of carboxylic acids is 1. The number of hydrogen-bond donors (Lipinski definition) is 3. The second kappa shape index (κ2) is 5.48. The van der Waals surface area contributed by atoms with Gasteiger partial charge in [-0.25, -0.2) is 9.18 Å². The van der Waals surface area contributed by atoms with E-state index in [9.17, 15) is 19.1 Å². The molecule has 7 nitrogen and oxygen atoms in total. The molecule has 1 aliphatic heterocycles. The van der Waals surface area contributed by atoms with Crippen LogP contribution in [0.5, 0.6) is 5.75 Å². The first kappa shape index (κ1) is 15.9. The number of hydrogen-bond acceptors (Lipinski definition) is 5. The number of halogens is 1. The Hall–Kier alpha value is -3.55. The number of nitrogens with two attached hydrogens (primary N) is 2. The summed E-state index contributed by atoms with van der Waals surface area (Å²) in [5.41, 5.74) is 10.4. The largest absolute Gasteiger partial charge is 0.487 e. The lowest BCUT2D eigenvalue weighted by Gasteiger charge is -2.30. The van der Waals surface area contributed by atoms with Crippen molar-refractivity contribution in [1.29, 1.82) is 0 Å². The van der Waals surface area contributed by atoms with E-state index in [4.69, 9.17) is 16.2 Å². The van der Waals surface area contributed by atoms with E-state index in [1.807, 2.05) is 30.3 Å². The van der Waals surface area contributed by atoms with E-state index in [-0.39, 0.29) is 28.9 Å². The normalized spacial score (nSPS) is 15.7. The molecule has 0 aliphatic carbocycles. The number of aromatic carboxylic acids is 1. The number of ether oxygens (including phenoxy) is 1. The molecule has 26 heavy (non-hydrogen) atoms. The summed E-state index contributed by atoms with van der Waals surface area (Å²) in [5.74, 6) is -2.41. The van der Waals surface area contributed by atoms with Gasteiger partial charge in [0.05, 0.1) is 22.6 Å². The molecule has 2 heterocycles. The van der Waals surface area contributed by atoms with Crippen LogP contribution in [0.1, 0.15) is 22.0 Å². The van der Waals surface area contributed by atoms with Gasteiger partial charge >= 0.3 is 5.97 Å². The smallest absolute Gasteiger partial charge is 0.341 e. The number of rotatable bonds is 2. The van der Waals surface area contributed by atoms with Crippen LogP contribution in [0.2, 0.25) is 0 Å². The van der Waals surface area contributed by atoms with Crippen molar-refractivity contribution in [2.75, 3.05) is 18.1 Å². The molecule has 0 amide bonds. The highest BCUT2D eigenvalue weighted by molar-refractivity contribution is 6.03. The molecule has 0 radical (unpaired) electrons. The fraction of sp³-hybridized carbons (Fsp3) is 0.111. The van der Waals surface area contributed by atoms with E-state index in [2.05, 4.69) is 0 Å². The molecule has 2 aromatic carbocycles. The number of pyridine rings is 1. The van der Waals surface area contributed by atoms with Gasteiger partial charge in [0, 0.05) is 6.20 Å². The van der Waals surface area contributed by atoms with Gasteiger partial charge in [-0.3, -0.25) is 4.79 Å². The van der Waals surface area contributed by atoms with Crippen LogP contribution in [0, 0.1) is 5.82 Å². The van der Waals surface area contributed by atoms with Gasteiger partial charge < -0.3 is 25.9 Å². The predicted octanol–water partition coefficient (Wildman–Crippen LogP) is 1.99. The summed E-state index contributed by atoms with van der Waals surface area (Å²) in [6.45, 7) is 0.0988. The number of carbonyl (C=O) groups is 1. The van der Waals surface area contributed by atoms with Crippen LogP contribution in [0.4, 0.5) is 15.8 Å². The topological polar surface area (TPSA) is 121 Å². The summed E-state index contributed by atoms with van der Waals surface area (Å²) < 4.78 is 21.6. The van der Waals surface area contributed by atoms with E-state index in [0.29, 0.717) is 0 Å². The maximum absolute atomic E-state index is 14.4. The maximum atomic E-state index is 14.4. The van der Waals surface area contributed by atoms with Crippen LogP contribution in [-0.4, -0.2) is 22.2 Å². The van der Waals surface area contributed by atoms with E-state index in [1.54, 1.807) is 4.57 Å². The van der Waals surface area contributed by atoms with Crippen molar-refractivity contribution in [2.24, 2.45) is 0 Å². The first-order valence-corrected chi connectivity index (χ1v) is 7.78. The number of benzene rings is 2. The maximum Gasteiger partial charge on any atom is 0.341 e. The molecule has 0 saturated heterocycles. The molecule has 4 rings (SSSR count). The van der Waals surface area contributed by atoms with Gasteiger partial charge in [0.15, 0.2) is 11.6 Å². The lowest BCUT2D eigenvalue weighted by molar-refractivity contribution is 0.0694. The molecular weight excluding hydrogens is 341 g/mol. The van der Waals surface area contributed by atoms with Crippen LogP contribution in [0.15, 0.2) is 41.3 Å². The van der Waals surface area contributed by atoms with E-state index >= 15 is 0 Å². The summed E-state index contributed by atoms with van der Waals surface area (Å²) in [5, 5.41) is 9.16. The Kier molecular flexibility index (Phi) is 3.36. The molecule has 0 bridgehead atoms. The minimum atomic E-state index is -1.42. The molecule has 0 unspecified atom stereocenters. The third-order valence-corrected chi connectivity index (χ3v) is 4.57. The monoisotopic (exact) mass is 355 g/mol. The highest BCUT2D eigenvalue weighted by atomic mass is 19.1. The van der Waals surface area contributed by atoms with Crippen molar-refractivity contribution in [3.8, 4) is 5.75 Å². The Balaban J connectivity index is 2.18. The first-order chi connectivity index (χ1) is 12.4. The minimum absolute atomic E-state index is 0.00656. The predicted molar refractivity (Wildman–Crippen MR) is 94.0 cm³/mol. The lowest BCUT2D eigenvalue weighted by atomic mass is 10.0. The van der Waals surface area contributed by atoms with Gasteiger partial charge in [-0.2, -0.15) is 0 Å². The average Bonchev–Trinajstić information content (AvgIpc) is 2.64. The molecule has 8 heteroatoms. The first-order valence-electron chi connectivity index (χ1n) is 7.78. The Morgan fingerprint density at radius 1 is 1.23 bits per heavy atom. The summed E-state index contributed by atoms with van der Waals surface area (Å²) >= 11 is 0. The number of aromatic nitrogens is 1. The lowest BCUT2D eigenvalue weighted by Crippen LogP contribution is -2.29. The second-order valence-corrected chi connectivity index (χ2v) is 6.02. The van der Waals surface area contributed by atoms with Crippen molar-refractivity contribution < 1.29 is 19.0 Å². The van der Waals surface area contributed by atoms with Gasteiger partial charge in [0.2, 0.25) is 5.43 Å². The SMILES string of the molecule is Nc1c(F)c(N)c2c(=O)c(C(=O)O)cn3c2c1OC[C@@H]3c1ccccc1. The fourth-order valence-electron chi connectivity index (χ4n) is 3.32. The molecular formula is C18H14FN3O4. The van der Waals surface area contributed by atoms with Crippen molar-refractivity contribution in [3.05, 3.63) is 63.7 Å². The second-order valence-electron chi connectivity index (χ2n) is 6.02. The van der Waals surface area contributed by atoms with Gasteiger partial charge in [-0.05, 0) is 5.56 Å². The third-order valence-electron chi connectivity index (χ3n) is 4.57. The van der Waals surface area contributed by atoms with Gasteiger partial charge in [-0.15, -0.1) is 0 Å². The van der Waals surface area contributed by atoms with Crippen LogP contribution in [-0.2, 0) is 0 Å². The molecule has 3 aromatic rings. The highest BCUT2D eigenvalue weighted by Crippen LogP contribution is 2.42. The molecule has 0 fully saturated rings. The summed E-state index contributed by atoms with van der Waals surface area (Å²) in [6.07, 6.45) is 1.23. The average molecular weight is 355 g/mol. The minimum Gasteiger partial charge on any atom is -0.487 e. The van der Waals surface area contributed by atoms with Gasteiger partial charge in [0.25, 0.3) is 0 Å². The van der Waals surface area contributed by atoms with Crippen LogP contribution < -0.4 is 21.6 Å². The summed E-state index contributed by atoms with van der Waals surface area (Å²) in [6, 6.07) is 8.77. The zero-order valence-corrected chi connectivity index (χ0v) is 13.4. The number of anilines is 2. The van der Waals surface area contributed by atoms with Gasteiger partial charge in [-0.1, -0.05) is 30.3 Å². The van der Waals surface area contributed by atoms with Crippen molar-refractivity contribution in [3.63, 3.8) is 0 Å². The van der Waals surface area contributed by atoms with Crippen LogP contribution in [0.25, 0.3) is 10.9 Å². The molecule has 5 N–H and O–H groups in total. The zero-order valence-electron chi connectivity index (χ0n) is 13.4. The standard InChI is InChI=1S/C18H14FN3O4/c19-12-13(20)11-15-17(14(12)21)26-7-10(8-4-2-1-3-5-8)22(15)6-9(16(11)23)18(24)25/h1-6,10H,7,20-21H2,(H,24,25)/t10-/m1/s1. The molecule has 1 aliphatic rings. The number of carboxylic acid groups (broad SMARTS) is 1. The Labute approximate surface area is 146 Å². The quantitative estimate of drug-likeness (QED) is 0.605. The van der Waals surface area contributed by atoms with Crippen molar-refractivity contribution >= 4 is 28.2 Å². The fourth-order valence-corrected chi connectivity index (χ4v) is 3.32. The van der Waals surface area contributed by atoms with Crippen molar-refractivity contribution in [2.45, 2.75) is 6.04 Å². The molecule has 1 aromatic heterocycles. The number of nitrogens with zero attached hydrogens (tertiary/aromatic N) is 1. The van der Waals surface area contributed by atoms with E-state index in [1.165, 1.54) is 6.20 Å². The van der Waals surface area contributed by atoms with E-state index < -0.39 is 34.5 Å². The molecule has 0 saturated carbocycles.